The molecule has 0 fully saturated rings. The van der Waals surface area contributed by atoms with Gasteiger partial charge in [0.25, 0.3) is 0 Å². The Morgan fingerprint density at radius 3 is 2.37 bits per heavy atom. The number of esters is 1. The van der Waals surface area contributed by atoms with Gasteiger partial charge in [-0.15, -0.1) is 0 Å². The van der Waals surface area contributed by atoms with Crippen molar-refractivity contribution in [3.63, 3.8) is 0 Å². The third-order valence-corrected chi connectivity index (χ3v) is 3.24. The Morgan fingerprint density at radius 1 is 1.26 bits per heavy atom. The van der Waals surface area contributed by atoms with Crippen LogP contribution in [0.1, 0.15) is 43.9 Å². The molecule has 1 aromatic carbocycles. The Kier molecular flexibility index (Phi) is 6.57. The van der Waals surface area contributed by atoms with Crippen molar-refractivity contribution >= 4 is 5.97 Å². The van der Waals surface area contributed by atoms with E-state index in [4.69, 9.17) is 0 Å². The van der Waals surface area contributed by atoms with Gasteiger partial charge in [0.15, 0.2) is 0 Å². The Balaban J connectivity index is 2.63. The summed E-state index contributed by atoms with van der Waals surface area (Å²) in [4.78, 5) is 11.2. The van der Waals surface area contributed by atoms with E-state index in [0.717, 1.165) is 12.8 Å². The fraction of sp³-hybridized carbons (Fsp3) is 0.562. The van der Waals surface area contributed by atoms with E-state index in [1.807, 2.05) is 7.05 Å². The van der Waals surface area contributed by atoms with Crippen LogP contribution >= 0.6 is 0 Å². The van der Waals surface area contributed by atoms with Gasteiger partial charge in [-0.1, -0.05) is 38.1 Å². The molecular formula is C16H25NO2. The van der Waals surface area contributed by atoms with E-state index in [-0.39, 0.29) is 12.0 Å². The summed E-state index contributed by atoms with van der Waals surface area (Å²) >= 11 is 0. The number of hydrogen-bond acceptors (Lipinski definition) is 3. The second kappa shape index (κ2) is 7.95. The fourth-order valence-electron chi connectivity index (χ4n) is 2.20. The Morgan fingerprint density at radius 2 is 1.89 bits per heavy atom. The molecule has 0 saturated carbocycles. The highest BCUT2D eigenvalue weighted by molar-refractivity contribution is 5.69. The number of methoxy groups -OCH3 is 1. The van der Waals surface area contributed by atoms with Crippen molar-refractivity contribution in [1.82, 2.24) is 5.32 Å². The molecule has 0 saturated heterocycles. The monoisotopic (exact) mass is 263 g/mol. The van der Waals surface area contributed by atoms with E-state index in [0.29, 0.717) is 12.3 Å². The molecule has 1 unspecified atom stereocenters. The minimum atomic E-state index is -0.156. The predicted octanol–water partition coefficient (Wildman–Crippen LogP) is 3.10. The van der Waals surface area contributed by atoms with E-state index >= 15 is 0 Å². The first-order valence-corrected chi connectivity index (χ1v) is 6.89. The quantitative estimate of drug-likeness (QED) is 0.768. The average molecular weight is 263 g/mol. The third kappa shape index (κ3) is 5.43. The lowest BCUT2D eigenvalue weighted by Crippen LogP contribution is -2.18. The van der Waals surface area contributed by atoms with E-state index in [1.165, 1.54) is 18.2 Å². The topological polar surface area (TPSA) is 38.3 Å². The molecule has 0 bridgehead atoms. The van der Waals surface area contributed by atoms with Crippen molar-refractivity contribution in [3.8, 4) is 0 Å². The molecule has 19 heavy (non-hydrogen) atoms. The molecule has 0 heterocycles. The highest BCUT2D eigenvalue weighted by atomic mass is 16.5. The normalized spacial score (nSPS) is 12.5. The van der Waals surface area contributed by atoms with Gasteiger partial charge in [-0.3, -0.25) is 4.79 Å². The maximum absolute atomic E-state index is 11.2. The van der Waals surface area contributed by atoms with Gasteiger partial charge in [0.05, 0.1) is 7.11 Å². The minimum Gasteiger partial charge on any atom is -0.469 e. The van der Waals surface area contributed by atoms with Crippen LogP contribution in [-0.2, 0) is 16.0 Å². The first-order valence-electron chi connectivity index (χ1n) is 6.89. The van der Waals surface area contributed by atoms with Crippen molar-refractivity contribution in [1.29, 1.82) is 0 Å². The maximum Gasteiger partial charge on any atom is 0.305 e. The second-order valence-corrected chi connectivity index (χ2v) is 5.30. The summed E-state index contributed by atoms with van der Waals surface area (Å²) < 4.78 is 4.68. The number of benzene rings is 1. The SMILES string of the molecule is CNC(CCC(=O)OC)c1ccc(CC(C)C)cc1. The molecule has 3 nitrogen and oxygen atoms in total. The molecule has 0 aliphatic heterocycles. The van der Waals surface area contributed by atoms with Crippen LogP contribution < -0.4 is 5.32 Å². The van der Waals surface area contributed by atoms with Crippen molar-refractivity contribution in [2.24, 2.45) is 5.92 Å². The summed E-state index contributed by atoms with van der Waals surface area (Å²) in [5.74, 6) is 0.516. The number of rotatable bonds is 7. The van der Waals surface area contributed by atoms with Crippen LogP contribution in [-0.4, -0.2) is 20.1 Å². The van der Waals surface area contributed by atoms with Crippen LogP contribution in [0.2, 0.25) is 0 Å². The van der Waals surface area contributed by atoms with E-state index < -0.39 is 0 Å². The largest absolute Gasteiger partial charge is 0.469 e. The zero-order valence-electron chi connectivity index (χ0n) is 12.4. The molecule has 1 atom stereocenters. The van der Waals surface area contributed by atoms with Gasteiger partial charge in [0, 0.05) is 12.5 Å². The molecule has 1 rings (SSSR count). The van der Waals surface area contributed by atoms with Crippen LogP contribution in [0, 0.1) is 5.92 Å². The lowest BCUT2D eigenvalue weighted by atomic mass is 9.97. The van der Waals surface area contributed by atoms with Crippen LogP contribution in [0.3, 0.4) is 0 Å². The van der Waals surface area contributed by atoms with Gasteiger partial charge in [0.1, 0.15) is 0 Å². The van der Waals surface area contributed by atoms with Crippen LogP contribution in [0.4, 0.5) is 0 Å². The lowest BCUT2D eigenvalue weighted by molar-refractivity contribution is -0.140. The predicted molar refractivity (Wildman–Crippen MR) is 78.0 cm³/mol. The minimum absolute atomic E-state index is 0.156. The van der Waals surface area contributed by atoms with Crippen molar-refractivity contribution < 1.29 is 9.53 Å². The highest BCUT2D eigenvalue weighted by Gasteiger charge is 2.11. The Hall–Kier alpha value is -1.35. The first-order chi connectivity index (χ1) is 9.06. The van der Waals surface area contributed by atoms with Gasteiger partial charge in [0.2, 0.25) is 0 Å². The summed E-state index contributed by atoms with van der Waals surface area (Å²) in [6.45, 7) is 4.45. The van der Waals surface area contributed by atoms with Crippen molar-refractivity contribution in [2.75, 3.05) is 14.2 Å². The number of ether oxygens (including phenoxy) is 1. The highest BCUT2D eigenvalue weighted by Crippen LogP contribution is 2.20. The standard InChI is InChI=1S/C16H25NO2/c1-12(2)11-13-5-7-14(8-6-13)15(17-3)9-10-16(18)19-4/h5-8,12,15,17H,9-11H2,1-4H3. The zero-order valence-corrected chi connectivity index (χ0v) is 12.4. The van der Waals surface area contributed by atoms with E-state index in [2.05, 4.69) is 48.2 Å². The van der Waals surface area contributed by atoms with Gasteiger partial charge >= 0.3 is 5.97 Å². The number of carbonyl (C=O) groups excluding carboxylic acids is 1. The summed E-state index contributed by atoms with van der Waals surface area (Å²) in [7, 11) is 3.35. The van der Waals surface area contributed by atoms with Crippen molar-refractivity contribution in [2.45, 2.75) is 39.2 Å². The third-order valence-electron chi connectivity index (χ3n) is 3.24. The fourth-order valence-corrected chi connectivity index (χ4v) is 2.20. The van der Waals surface area contributed by atoms with Crippen LogP contribution in [0.15, 0.2) is 24.3 Å². The summed E-state index contributed by atoms with van der Waals surface area (Å²) in [5.41, 5.74) is 2.58. The van der Waals surface area contributed by atoms with Gasteiger partial charge in [-0.25, -0.2) is 0 Å². The summed E-state index contributed by atoms with van der Waals surface area (Å²) in [5, 5.41) is 3.25. The molecule has 0 aromatic heterocycles. The molecule has 0 spiro atoms. The molecule has 0 aliphatic rings. The summed E-state index contributed by atoms with van der Waals surface area (Å²) in [6.07, 6.45) is 2.30. The first kappa shape index (κ1) is 15.7. The smallest absolute Gasteiger partial charge is 0.305 e. The second-order valence-electron chi connectivity index (χ2n) is 5.30. The number of carbonyl (C=O) groups is 1. The average Bonchev–Trinajstić information content (AvgIpc) is 2.40. The lowest BCUT2D eigenvalue weighted by Gasteiger charge is -2.16. The molecule has 0 aliphatic carbocycles. The van der Waals surface area contributed by atoms with Gasteiger partial charge in [-0.2, -0.15) is 0 Å². The Bertz CT molecular complexity index is 384. The van der Waals surface area contributed by atoms with E-state index in [9.17, 15) is 4.79 Å². The molecule has 1 aromatic rings. The number of nitrogens with one attached hydrogen (secondary N) is 1. The maximum atomic E-state index is 11.2. The molecule has 1 N–H and O–H groups in total. The molecular weight excluding hydrogens is 238 g/mol. The number of hydrogen-bond donors (Lipinski definition) is 1. The zero-order chi connectivity index (χ0) is 14.3. The van der Waals surface area contributed by atoms with Crippen LogP contribution in [0.25, 0.3) is 0 Å². The van der Waals surface area contributed by atoms with Gasteiger partial charge < -0.3 is 10.1 Å². The van der Waals surface area contributed by atoms with E-state index in [1.54, 1.807) is 0 Å². The summed E-state index contributed by atoms with van der Waals surface area (Å²) in [6, 6.07) is 8.86. The molecule has 0 amide bonds. The molecule has 0 radical (unpaired) electrons. The van der Waals surface area contributed by atoms with Crippen LogP contribution in [0.5, 0.6) is 0 Å². The van der Waals surface area contributed by atoms with Crippen molar-refractivity contribution in [3.05, 3.63) is 35.4 Å². The Labute approximate surface area is 116 Å². The molecule has 3 heteroatoms. The molecule has 106 valence electrons. The van der Waals surface area contributed by atoms with Gasteiger partial charge in [-0.05, 0) is 36.9 Å².